The fraction of sp³-hybridized carbons (Fsp3) is 0.150. The summed E-state index contributed by atoms with van der Waals surface area (Å²) in [6.07, 6.45) is 1.82. The van der Waals surface area contributed by atoms with Crippen LogP contribution in [0.5, 0.6) is 5.75 Å². The Morgan fingerprint density at radius 1 is 1.18 bits per heavy atom. The van der Waals surface area contributed by atoms with E-state index in [2.05, 4.69) is 5.43 Å². The number of benzene rings is 2. The highest BCUT2D eigenvalue weighted by Crippen LogP contribution is 2.31. The first-order chi connectivity index (χ1) is 13.3. The zero-order valence-electron chi connectivity index (χ0n) is 15.1. The lowest BCUT2D eigenvalue weighted by molar-refractivity contribution is -0.123. The summed E-state index contributed by atoms with van der Waals surface area (Å²) in [5.41, 5.74) is 3.75. The molecule has 2 aromatic carbocycles. The molecule has 5 nitrogen and oxygen atoms in total. The van der Waals surface area contributed by atoms with Gasteiger partial charge in [-0.2, -0.15) is 5.01 Å². The molecule has 1 fully saturated rings. The second-order valence-corrected chi connectivity index (χ2v) is 8.31. The average molecular weight is 433 g/mol. The number of carbonyl (C=O) groups is 2. The Hall–Kier alpha value is -2.35. The molecule has 3 rings (SSSR count). The van der Waals surface area contributed by atoms with E-state index < -0.39 is 5.91 Å². The quantitative estimate of drug-likeness (QED) is 0.549. The number of nitrogens with one attached hydrogen (secondary N) is 1. The first-order valence-corrected chi connectivity index (χ1v) is 10.0. The fourth-order valence-corrected chi connectivity index (χ4v) is 3.70. The Kier molecular flexibility index (Phi) is 6.39. The second kappa shape index (κ2) is 8.77. The van der Waals surface area contributed by atoms with Crippen LogP contribution in [0.25, 0.3) is 6.08 Å². The summed E-state index contributed by atoms with van der Waals surface area (Å²) < 4.78 is 5.87. The summed E-state index contributed by atoms with van der Waals surface area (Å²) >= 11 is 12.2. The van der Waals surface area contributed by atoms with E-state index in [1.807, 2.05) is 38.1 Å². The zero-order chi connectivity index (χ0) is 20.3. The van der Waals surface area contributed by atoms with Gasteiger partial charge in [-0.05, 0) is 74.1 Å². The predicted molar refractivity (Wildman–Crippen MR) is 116 cm³/mol. The number of carbonyl (C=O) groups excluding carboxylic acids is 2. The molecule has 0 aliphatic carbocycles. The van der Waals surface area contributed by atoms with Gasteiger partial charge in [0.1, 0.15) is 5.75 Å². The van der Waals surface area contributed by atoms with Crippen LogP contribution in [0.2, 0.25) is 5.02 Å². The van der Waals surface area contributed by atoms with E-state index in [1.165, 1.54) is 0 Å². The van der Waals surface area contributed by atoms with Crippen LogP contribution < -0.4 is 10.2 Å². The molecule has 0 aromatic heterocycles. The van der Waals surface area contributed by atoms with Gasteiger partial charge < -0.3 is 4.74 Å². The third-order valence-corrected chi connectivity index (χ3v) is 5.22. The van der Waals surface area contributed by atoms with Crippen molar-refractivity contribution in [3.05, 3.63) is 69.6 Å². The van der Waals surface area contributed by atoms with Crippen LogP contribution in [-0.4, -0.2) is 27.2 Å². The van der Waals surface area contributed by atoms with Crippen molar-refractivity contribution < 1.29 is 14.3 Å². The van der Waals surface area contributed by atoms with Crippen molar-refractivity contribution in [3.8, 4) is 5.75 Å². The standard InChI is InChI=1S/C20H17ClN2O3S2/c1-12(2)26-16-9-3-13(4-10-16)11-17-19(25)23(20(27)28-17)22-18(24)14-5-7-15(21)8-6-14/h3-12H,1-2H3,(H,22,24)/b17-11-. The molecule has 8 heteroatoms. The van der Waals surface area contributed by atoms with E-state index in [9.17, 15) is 9.59 Å². The highest BCUT2D eigenvalue weighted by Gasteiger charge is 2.33. The molecule has 0 saturated carbocycles. The van der Waals surface area contributed by atoms with Crippen molar-refractivity contribution in [1.82, 2.24) is 10.4 Å². The monoisotopic (exact) mass is 432 g/mol. The smallest absolute Gasteiger partial charge is 0.285 e. The summed E-state index contributed by atoms with van der Waals surface area (Å²) in [5, 5.41) is 1.61. The number of nitrogens with zero attached hydrogens (tertiary/aromatic N) is 1. The number of amides is 2. The molecule has 0 bridgehead atoms. The van der Waals surface area contributed by atoms with Gasteiger partial charge in [0.15, 0.2) is 4.32 Å². The first-order valence-electron chi connectivity index (χ1n) is 8.45. The van der Waals surface area contributed by atoms with Gasteiger partial charge in [-0.25, -0.2) is 0 Å². The van der Waals surface area contributed by atoms with Crippen LogP contribution in [-0.2, 0) is 4.79 Å². The maximum absolute atomic E-state index is 12.6. The summed E-state index contributed by atoms with van der Waals surface area (Å²) in [4.78, 5) is 25.4. The van der Waals surface area contributed by atoms with Crippen LogP contribution in [0.3, 0.4) is 0 Å². The van der Waals surface area contributed by atoms with Crippen LogP contribution in [0.1, 0.15) is 29.8 Å². The van der Waals surface area contributed by atoms with Gasteiger partial charge in [-0.15, -0.1) is 0 Å². The average Bonchev–Trinajstić information content (AvgIpc) is 2.91. The van der Waals surface area contributed by atoms with Crippen molar-refractivity contribution in [3.63, 3.8) is 0 Å². The van der Waals surface area contributed by atoms with E-state index in [0.29, 0.717) is 15.5 Å². The largest absolute Gasteiger partial charge is 0.491 e. The number of halogens is 1. The number of ether oxygens (including phenoxy) is 1. The van der Waals surface area contributed by atoms with Crippen molar-refractivity contribution in [2.24, 2.45) is 0 Å². The number of hydrazine groups is 1. The molecule has 0 radical (unpaired) electrons. The molecule has 1 aliphatic heterocycles. The van der Waals surface area contributed by atoms with Gasteiger partial charge in [-0.3, -0.25) is 15.0 Å². The number of rotatable bonds is 5. The number of hydrogen-bond donors (Lipinski definition) is 1. The normalized spacial score (nSPS) is 15.4. The zero-order valence-corrected chi connectivity index (χ0v) is 17.5. The minimum absolute atomic E-state index is 0.0892. The molecule has 1 N–H and O–H groups in total. The van der Waals surface area contributed by atoms with Crippen LogP contribution in [0.4, 0.5) is 0 Å². The molecule has 0 atom stereocenters. The number of hydrogen-bond acceptors (Lipinski definition) is 5. The fourth-order valence-electron chi connectivity index (χ4n) is 2.40. The molecule has 2 amide bonds. The predicted octanol–water partition coefficient (Wildman–Crippen LogP) is 4.67. The maximum atomic E-state index is 12.6. The Labute approximate surface area is 177 Å². The Morgan fingerprint density at radius 3 is 2.43 bits per heavy atom. The van der Waals surface area contributed by atoms with Crippen molar-refractivity contribution in [2.45, 2.75) is 20.0 Å². The minimum atomic E-state index is -0.440. The molecule has 2 aromatic rings. The Bertz CT molecular complexity index is 941. The first kappa shape index (κ1) is 20.4. The summed E-state index contributed by atoms with van der Waals surface area (Å²) in [7, 11) is 0. The van der Waals surface area contributed by atoms with E-state index >= 15 is 0 Å². The van der Waals surface area contributed by atoms with Gasteiger partial charge in [0.25, 0.3) is 11.8 Å². The third-order valence-electron chi connectivity index (χ3n) is 3.66. The number of thiocarbonyl (C=S) groups is 1. The number of thioether (sulfide) groups is 1. The SMILES string of the molecule is CC(C)Oc1ccc(/C=C2\SC(=S)N(NC(=O)c3ccc(Cl)cc3)C2=O)cc1. The minimum Gasteiger partial charge on any atom is -0.491 e. The van der Waals surface area contributed by atoms with E-state index in [0.717, 1.165) is 28.1 Å². The van der Waals surface area contributed by atoms with Crippen molar-refractivity contribution in [2.75, 3.05) is 0 Å². The molecular weight excluding hydrogens is 416 g/mol. The van der Waals surface area contributed by atoms with Gasteiger partial charge >= 0.3 is 0 Å². The molecule has 144 valence electrons. The molecule has 28 heavy (non-hydrogen) atoms. The molecule has 0 unspecified atom stereocenters. The molecular formula is C20H17ClN2O3S2. The molecule has 1 saturated heterocycles. The second-order valence-electron chi connectivity index (χ2n) is 6.20. The van der Waals surface area contributed by atoms with E-state index in [1.54, 1.807) is 30.3 Å². The third kappa shape index (κ3) is 4.92. The molecule has 1 heterocycles. The van der Waals surface area contributed by atoms with Gasteiger partial charge in [-0.1, -0.05) is 35.5 Å². The Morgan fingerprint density at radius 2 is 1.82 bits per heavy atom. The van der Waals surface area contributed by atoms with Gasteiger partial charge in [0.2, 0.25) is 0 Å². The van der Waals surface area contributed by atoms with Gasteiger partial charge in [0.05, 0.1) is 11.0 Å². The topological polar surface area (TPSA) is 58.6 Å². The lowest BCUT2D eigenvalue weighted by atomic mass is 10.2. The highest BCUT2D eigenvalue weighted by atomic mass is 35.5. The Balaban J connectivity index is 1.71. The molecule has 0 spiro atoms. The van der Waals surface area contributed by atoms with Gasteiger partial charge in [0, 0.05) is 10.6 Å². The van der Waals surface area contributed by atoms with Crippen molar-refractivity contribution in [1.29, 1.82) is 0 Å². The van der Waals surface area contributed by atoms with Crippen molar-refractivity contribution >= 4 is 57.8 Å². The van der Waals surface area contributed by atoms with Crippen LogP contribution >= 0.6 is 35.6 Å². The maximum Gasteiger partial charge on any atom is 0.285 e. The molecule has 1 aliphatic rings. The summed E-state index contributed by atoms with van der Waals surface area (Å²) in [5.74, 6) is -0.0563. The lowest BCUT2D eigenvalue weighted by Gasteiger charge is -2.15. The van der Waals surface area contributed by atoms with E-state index in [-0.39, 0.29) is 16.3 Å². The summed E-state index contributed by atoms with van der Waals surface area (Å²) in [6, 6.07) is 13.8. The highest BCUT2D eigenvalue weighted by molar-refractivity contribution is 8.26. The lowest BCUT2D eigenvalue weighted by Crippen LogP contribution is -2.44. The van der Waals surface area contributed by atoms with Crippen LogP contribution in [0.15, 0.2) is 53.4 Å². The van der Waals surface area contributed by atoms with E-state index in [4.69, 9.17) is 28.6 Å². The summed E-state index contributed by atoms with van der Waals surface area (Å²) in [6.45, 7) is 3.91. The van der Waals surface area contributed by atoms with Crippen LogP contribution in [0, 0.1) is 0 Å².